The third-order valence-corrected chi connectivity index (χ3v) is 6.84. The maximum absolute atomic E-state index is 12.5. The lowest BCUT2D eigenvalue weighted by molar-refractivity contribution is -0.115. The zero-order valence-corrected chi connectivity index (χ0v) is 16.9. The van der Waals surface area contributed by atoms with Crippen LogP contribution >= 0.6 is 0 Å². The van der Waals surface area contributed by atoms with Crippen molar-refractivity contribution in [2.45, 2.75) is 9.79 Å². The van der Waals surface area contributed by atoms with E-state index in [9.17, 15) is 31.7 Å². The largest absolute Gasteiger partial charge is 0.465 e. The van der Waals surface area contributed by atoms with Crippen LogP contribution in [0.4, 0.5) is 0 Å². The molecule has 0 saturated heterocycles. The quantitative estimate of drug-likeness (QED) is 0.389. The SMILES string of the molecule is COC(=O)c1ccc(S(=O)(=O)NC(=O)C(C#N)=C2NS(=O)(=O)c3ccccc32)cc1. The normalized spacial score (nSPS) is 15.9. The van der Waals surface area contributed by atoms with Crippen LogP contribution in [0.25, 0.3) is 5.70 Å². The molecule has 0 atom stereocenters. The van der Waals surface area contributed by atoms with Crippen molar-refractivity contribution >= 4 is 37.6 Å². The van der Waals surface area contributed by atoms with Gasteiger partial charge in [0.2, 0.25) is 0 Å². The maximum Gasteiger partial charge on any atom is 0.337 e. The summed E-state index contributed by atoms with van der Waals surface area (Å²) >= 11 is 0. The Morgan fingerprint density at radius 2 is 1.73 bits per heavy atom. The molecule has 0 aliphatic carbocycles. The van der Waals surface area contributed by atoms with Gasteiger partial charge in [-0.15, -0.1) is 0 Å². The number of carbonyl (C=O) groups excluding carboxylic acids is 2. The van der Waals surface area contributed by atoms with Crippen LogP contribution in [0.3, 0.4) is 0 Å². The van der Waals surface area contributed by atoms with E-state index in [4.69, 9.17) is 0 Å². The van der Waals surface area contributed by atoms with Gasteiger partial charge in [0, 0.05) is 5.56 Å². The Labute approximate surface area is 171 Å². The van der Waals surface area contributed by atoms with Crippen molar-refractivity contribution in [1.29, 1.82) is 5.26 Å². The van der Waals surface area contributed by atoms with Gasteiger partial charge in [0.05, 0.1) is 28.2 Å². The van der Waals surface area contributed by atoms with Gasteiger partial charge in [-0.2, -0.15) is 5.26 Å². The first kappa shape index (κ1) is 21.0. The summed E-state index contributed by atoms with van der Waals surface area (Å²) in [6, 6.07) is 11.7. The number of ether oxygens (including phenoxy) is 1. The van der Waals surface area contributed by atoms with Gasteiger partial charge in [-0.3, -0.25) is 9.52 Å². The lowest BCUT2D eigenvalue weighted by atomic mass is 10.1. The van der Waals surface area contributed by atoms with E-state index < -0.39 is 37.5 Å². The van der Waals surface area contributed by atoms with Gasteiger partial charge in [0.15, 0.2) is 0 Å². The molecule has 0 bridgehead atoms. The molecule has 0 fully saturated rings. The van der Waals surface area contributed by atoms with E-state index in [0.29, 0.717) is 0 Å². The predicted octanol–water partition coefficient (Wildman–Crippen LogP) is 0.505. The Hall–Kier alpha value is -3.69. The summed E-state index contributed by atoms with van der Waals surface area (Å²) in [5.41, 5.74) is -0.872. The van der Waals surface area contributed by atoms with E-state index in [0.717, 1.165) is 12.1 Å². The molecule has 3 rings (SSSR count). The Bertz CT molecular complexity index is 1340. The molecule has 12 heteroatoms. The highest BCUT2D eigenvalue weighted by Crippen LogP contribution is 2.31. The summed E-state index contributed by atoms with van der Waals surface area (Å²) in [7, 11) is -7.23. The van der Waals surface area contributed by atoms with Crippen molar-refractivity contribution in [3.63, 3.8) is 0 Å². The fourth-order valence-corrected chi connectivity index (χ4v) is 4.94. The fourth-order valence-electron chi connectivity index (χ4n) is 2.68. The lowest BCUT2D eigenvalue weighted by Crippen LogP contribution is -2.32. The first-order valence-electron chi connectivity index (χ1n) is 8.13. The second kappa shape index (κ2) is 7.62. The minimum absolute atomic E-state index is 0.0732. The maximum atomic E-state index is 12.5. The summed E-state index contributed by atoms with van der Waals surface area (Å²) in [6.45, 7) is 0. The summed E-state index contributed by atoms with van der Waals surface area (Å²) in [5.74, 6) is -1.99. The number of rotatable bonds is 4. The molecule has 0 radical (unpaired) electrons. The Morgan fingerprint density at radius 1 is 1.10 bits per heavy atom. The number of nitrogens with one attached hydrogen (secondary N) is 2. The molecule has 0 spiro atoms. The van der Waals surface area contributed by atoms with Crippen molar-refractivity contribution in [2.75, 3.05) is 7.11 Å². The average Bonchev–Trinajstić information content (AvgIpc) is 2.99. The Balaban J connectivity index is 1.96. The summed E-state index contributed by atoms with van der Waals surface area (Å²) in [4.78, 5) is 23.5. The summed E-state index contributed by atoms with van der Waals surface area (Å²) < 4.78 is 57.7. The molecule has 1 heterocycles. The van der Waals surface area contributed by atoms with Gasteiger partial charge in [-0.1, -0.05) is 18.2 Å². The molecule has 2 aromatic carbocycles. The minimum Gasteiger partial charge on any atom is -0.465 e. The van der Waals surface area contributed by atoms with Crippen LogP contribution in [-0.4, -0.2) is 35.8 Å². The van der Waals surface area contributed by atoms with E-state index in [1.165, 1.54) is 43.5 Å². The second-order valence-electron chi connectivity index (χ2n) is 5.91. The molecule has 1 amide bonds. The van der Waals surface area contributed by atoms with Crippen LogP contribution in [0.15, 0.2) is 63.9 Å². The number of carbonyl (C=O) groups is 2. The zero-order valence-electron chi connectivity index (χ0n) is 15.2. The highest BCUT2D eigenvalue weighted by Gasteiger charge is 2.34. The average molecular weight is 447 g/mol. The molecule has 0 saturated carbocycles. The van der Waals surface area contributed by atoms with E-state index in [1.54, 1.807) is 10.8 Å². The van der Waals surface area contributed by atoms with Crippen LogP contribution in [-0.2, 0) is 29.6 Å². The van der Waals surface area contributed by atoms with Crippen molar-refractivity contribution in [1.82, 2.24) is 9.44 Å². The molecular formula is C18H13N3O7S2. The molecular weight excluding hydrogens is 434 g/mol. The number of nitrogens with zero attached hydrogens (tertiary/aromatic N) is 1. The molecule has 1 aliphatic heterocycles. The van der Waals surface area contributed by atoms with Crippen molar-refractivity contribution < 1.29 is 31.2 Å². The third-order valence-electron chi connectivity index (χ3n) is 4.08. The second-order valence-corrected chi connectivity index (χ2v) is 9.25. The molecule has 10 nitrogen and oxygen atoms in total. The minimum atomic E-state index is -4.41. The van der Waals surface area contributed by atoms with E-state index in [1.807, 2.05) is 0 Å². The van der Waals surface area contributed by atoms with Gasteiger partial charge in [-0.25, -0.2) is 26.4 Å². The first-order chi connectivity index (χ1) is 14.1. The molecule has 0 unspecified atom stereocenters. The highest BCUT2D eigenvalue weighted by molar-refractivity contribution is 7.90. The third kappa shape index (κ3) is 3.76. The van der Waals surface area contributed by atoms with Crippen molar-refractivity contribution in [2.24, 2.45) is 0 Å². The van der Waals surface area contributed by atoms with Crippen molar-refractivity contribution in [3.05, 3.63) is 65.2 Å². The number of amides is 1. The Morgan fingerprint density at radius 3 is 2.33 bits per heavy atom. The van der Waals surface area contributed by atoms with E-state index in [2.05, 4.69) is 9.46 Å². The number of esters is 1. The number of sulfonamides is 2. The van der Waals surface area contributed by atoms with Crippen LogP contribution in [0.2, 0.25) is 0 Å². The van der Waals surface area contributed by atoms with Gasteiger partial charge >= 0.3 is 5.97 Å². The number of methoxy groups -OCH3 is 1. The van der Waals surface area contributed by atoms with Crippen LogP contribution < -0.4 is 9.44 Å². The van der Waals surface area contributed by atoms with Gasteiger partial charge in [-0.05, 0) is 30.3 Å². The fraction of sp³-hybridized carbons (Fsp3) is 0.0556. The highest BCUT2D eigenvalue weighted by atomic mass is 32.2. The molecule has 30 heavy (non-hydrogen) atoms. The lowest BCUT2D eigenvalue weighted by Gasteiger charge is -2.09. The number of hydrogen-bond acceptors (Lipinski definition) is 8. The summed E-state index contributed by atoms with van der Waals surface area (Å²) in [6.07, 6.45) is 0. The summed E-state index contributed by atoms with van der Waals surface area (Å²) in [5, 5.41) is 9.39. The first-order valence-corrected chi connectivity index (χ1v) is 11.1. The van der Waals surface area contributed by atoms with Gasteiger partial charge in [0.25, 0.3) is 26.0 Å². The predicted molar refractivity (Wildman–Crippen MR) is 102 cm³/mol. The van der Waals surface area contributed by atoms with E-state index in [-0.39, 0.29) is 26.6 Å². The monoisotopic (exact) mass is 447 g/mol. The molecule has 2 aromatic rings. The molecule has 154 valence electrons. The standard InChI is InChI=1S/C18H13N3O7S2/c1-28-18(23)11-6-8-12(9-7-11)29(24,25)21-17(22)14(10-19)16-13-4-2-3-5-15(13)30(26,27)20-16/h2-9,20H,1H3,(H,21,22). The topological polar surface area (TPSA) is 159 Å². The number of fused-ring (bicyclic) bond motifs is 1. The van der Waals surface area contributed by atoms with Crippen molar-refractivity contribution in [3.8, 4) is 6.07 Å². The molecule has 1 aliphatic rings. The molecule has 2 N–H and O–H groups in total. The smallest absolute Gasteiger partial charge is 0.337 e. The van der Waals surface area contributed by atoms with Crippen LogP contribution in [0.1, 0.15) is 15.9 Å². The number of benzene rings is 2. The molecule has 0 aromatic heterocycles. The van der Waals surface area contributed by atoms with Crippen LogP contribution in [0, 0.1) is 11.3 Å². The van der Waals surface area contributed by atoms with E-state index >= 15 is 0 Å². The zero-order chi connectivity index (χ0) is 22.1. The Kier molecular flexibility index (Phi) is 5.34. The number of nitriles is 1. The number of hydrogen-bond donors (Lipinski definition) is 2. The van der Waals surface area contributed by atoms with Gasteiger partial charge in [0.1, 0.15) is 11.6 Å². The van der Waals surface area contributed by atoms with Crippen LogP contribution in [0.5, 0.6) is 0 Å². The van der Waals surface area contributed by atoms with Gasteiger partial charge < -0.3 is 4.74 Å².